The molecule has 0 radical (unpaired) electrons. The molecule has 0 bridgehead atoms. The van der Waals surface area contributed by atoms with Crippen molar-refractivity contribution in [1.29, 1.82) is 0 Å². The van der Waals surface area contributed by atoms with Gasteiger partial charge >= 0.3 is 0 Å². The number of para-hydroxylation sites is 1. The molecule has 0 saturated carbocycles. The molecule has 0 aliphatic carbocycles. The van der Waals surface area contributed by atoms with Gasteiger partial charge in [0.25, 0.3) is 5.91 Å². The maximum atomic E-state index is 12.6. The Balaban J connectivity index is 1.44. The summed E-state index contributed by atoms with van der Waals surface area (Å²) >= 11 is 0. The molecule has 1 amide bonds. The highest BCUT2D eigenvalue weighted by Crippen LogP contribution is 2.19. The second-order valence-electron chi connectivity index (χ2n) is 6.85. The molecule has 2 aromatic carbocycles. The van der Waals surface area contributed by atoms with Crippen LogP contribution in [0.1, 0.15) is 34.1 Å². The van der Waals surface area contributed by atoms with Crippen LogP contribution in [0.2, 0.25) is 0 Å². The average Bonchev–Trinajstić information content (AvgIpc) is 3.15. The van der Waals surface area contributed by atoms with Crippen LogP contribution in [0, 0.1) is 6.92 Å². The van der Waals surface area contributed by atoms with E-state index in [0.717, 1.165) is 19.5 Å². The van der Waals surface area contributed by atoms with E-state index in [9.17, 15) is 4.79 Å². The SMILES string of the molecule is Cc1nc(COc2ccccc2C(=O)NCCCN(C)Cc2ccccc2)no1. The Bertz CT molecular complexity index is 911. The predicted molar refractivity (Wildman–Crippen MR) is 110 cm³/mol. The van der Waals surface area contributed by atoms with E-state index >= 15 is 0 Å². The van der Waals surface area contributed by atoms with Crippen LogP contribution in [-0.2, 0) is 13.2 Å². The standard InChI is InChI=1S/C22H26N4O3/c1-17-24-21(25-29-17)16-28-20-12-7-6-11-19(20)22(27)23-13-8-14-26(2)15-18-9-4-3-5-10-18/h3-7,9-12H,8,13-16H2,1-2H3,(H,23,27). The first-order chi connectivity index (χ1) is 14.1. The van der Waals surface area contributed by atoms with Crippen LogP contribution >= 0.6 is 0 Å². The number of ether oxygens (including phenoxy) is 1. The minimum Gasteiger partial charge on any atom is -0.485 e. The molecule has 3 rings (SSSR count). The van der Waals surface area contributed by atoms with Crippen LogP contribution in [0.3, 0.4) is 0 Å². The normalized spacial score (nSPS) is 10.9. The van der Waals surface area contributed by atoms with Crippen molar-refractivity contribution in [3.8, 4) is 5.75 Å². The van der Waals surface area contributed by atoms with Gasteiger partial charge in [-0.2, -0.15) is 4.98 Å². The lowest BCUT2D eigenvalue weighted by Crippen LogP contribution is -2.28. The summed E-state index contributed by atoms with van der Waals surface area (Å²) in [6.45, 7) is 4.24. The van der Waals surface area contributed by atoms with Gasteiger partial charge in [0.2, 0.25) is 11.7 Å². The summed E-state index contributed by atoms with van der Waals surface area (Å²) in [6.07, 6.45) is 0.861. The minimum atomic E-state index is -0.157. The summed E-state index contributed by atoms with van der Waals surface area (Å²) in [6, 6.07) is 17.5. The molecule has 0 aliphatic rings. The highest BCUT2D eigenvalue weighted by Gasteiger charge is 2.13. The quantitative estimate of drug-likeness (QED) is 0.532. The van der Waals surface area contributed by atoms with E-state index in [4.69, 9.17) is 9.26 Å². The van der Waals surface area contributed by atoms with Crippen molar-refractivity contribution in [3.05, 3.63) is 77.4 Å². The highest BCUT2D eigenvalue weighted by molar-refractivity contribution is 5.96. The zero-order valence-corrected chi connectivity index (χ0v) is 16.8. The number of aromatic nitrogens is 2. The number of amides is 1. The van der Waals surface area contributed by atoms with Crippen LogP contribution in [0.25, 0.3) is 0 Å². The molecule has 0 spiro atoms. The number of nitrogens with zero attached hydrogens (tertiary/aromatic N) is 3. The molecule has 3 aromatic rings. The fraction of sp³-hybridized carbons (Fsp3) is 0.318. The van der Waals surface area contributed by atoms with Crippen molar-refractivity contribution in [3.63, 3.8) is 0 Å². The number of hydrogen-bond donors (Lipinski definition) is 1. The van der Waals surface area contributed by atoms with Crippen molar-refractivity contribution in [2.24, 2.45) is 0 Å². The topological polar surface area (TPSA) is 80.5 Å². The Morgan fingerprint density at radius 1 is 1.14 bits per heavy atom. The summed E-state index contributed by atoms with van der Waals surface area (Å²) in [5.41, 5.74) is 1.77. The fourth-order valence-electron chi connectivity index (χ4n) is 2.94. The van der Waals surface area contributed by atoms with Crippen molar-refractivity contribution >= 4 is 5.91 Å². The number of benzene rings is 2. The molecule has 152 valence electrons. The zero-order chi connectivity index (χ0) is 20.5. The van der Waals surface area contributed by atoms with Gasteiger partial charge in [0.1, 0.15) is 5.75 Å². The molecule has 1 heterocycles. The molecule has 0 saturated heterocycles. The largest absolute Gasteiger partial charge is 0.485 e. The molecule has 0 fully saturated rings. The van der Waals surface area contributed by atoms with Crippen LogP contribution in [0.4, 0.5) is 0 Å². The molecule has 1 N–H and O–H groups in total. The lowest BCUT2D eigenvalue weighted by atomic mass is 10.2. The third kappa shape index (κ3) is 6.43. The minimum absolute atomic E-state index is 0.145. The number of carbonyl (C=O) groups is 1. The number of aryl methyl sites for hydroxylation is 1. The van der Waals surface area contributed by atoms with Gasteiger partial charge < -0.3 is 19.5 Å². The number of hydrogen-bond acceptors (Lipinski definition) is 6. The van der Waals surface area contributed by atoms with Crippen molar-refractivity contribution < 1.29 is 14.1 Å². The summed E-state index contributed by atoms with van der Waals surface area (Å²) in [5, 5.41) is 6.76. The van der Waals surface area contributed by atoms with Crippen molar-refractivity contribution in [1.82, 2.24) is 20.4 Å². The van der Waals surface area contributed by atoms with E-state index in [2.05, 4.69) is 39.5 Å². The maximum absolute atomic E-state index is 12.6. The second kappa shape index (κ2) is 10.4. The van der Waals surface area contributed by atoms with Gasteiger partial charge in [-0.25, -0.2) is 0 Å². The average molecular weight is 394 g/mol. The predicted octanol–water partition coefficient (Wildman–Crippen LogP) is 3.21. The molecular formula is C22H26N4O3. The first kappa shape index (κ1) is 20.5. The molecule has 1 aromatic heterocycles. The van der Waals surface area contributed by atoms with Gasteiger partial charge in [-0.15, -0.1) is 0 Å². The van der Waals surface area contributed by atoms with Crippen molar-refractivity contribution in [2.45, 2.75) is 26.5 Å². The molecule has 29 heavy (non-hydrogen) atoms. The second-order valence-corrected chi connectivity index (χ2v) is 6.85. The monoisotopic (exact) mass is 394 g/mol. The lowest BCUT2D eigenvalue weighted by Gasteiger charge is -2.17. The van der Waals surface area contributed by atoms with E-state index in [1.165, 1.54) is 5.56 Å². The van der Waals surface area contributed by atoms with E-state index in [0.29, 0.717) is 29.6 Å². The fourth-order valence-corrected chi connectivity index (χ4v) is 2.94. The van der Waals surface area contributed by atoms with Crippen LogP contribution in [0.15, 0.2) is 59.1 Å². The molecule has 0 atom stereocenters. The Labute approximate surface area is 170 Å². The number of nitrogens with one attached hydrogen (secondary N) is 1. The van der Waals surface area contributed by atoms with Crippen molar-refractivity contribution in [2.75, 3.05) is 20.1 Å². The third-order valence-electron chi connectivity index (χ3n) is 4.36. The van der Waals surface area contributed by atoms with Crippen LogP contribution in [-0.4, -0.2) is 41.1 Å². The van der Waals surface area contributed by atoms with Crippen LogP contribution in [0.5, 0.6) is 5.75 Å². The highest BCUT2D eigenvalue weighted by atomic mass is 16.5. The molecule has 7 nitrogen and oxygen atoms in total. The van der Waals surface area contributed by atoms with E-state index < -0.39 is 0 Å². The molecular weight excluding hydrogens is 368 g/mol. The molecule has 0 aliphatic heterocycles. The zero-order valence-electron chi connectivity index (χ0n) is 16.8. The maximum Gasteiger partial charge on any atom is 0.255 e. The first-order valence-electron chi connectivity index (χ1n) is 9.63. The van der Waals surface area contributed by atoms with E-state index in [1.54, 1.807) is 19.1 Å². The summed E-state index contributed by atoms with van der Waals surface area (Å²) in [5.74, 6) is 1.26. The Kier molecular flexibility index (Phi) is 7.35. The summed E-state index contributed by atoms with van der Waals surface area (Å²) in [4.78, 5) is 18.9. The van der Waals surface area contributed by atoms with Crippen LogP contribution < -0.4 is 10.1 Å². The van der Waals surface area contributed by atoms with Gasteiger partial charge in [0, 0.05) is 20.0 Å². The van der Waals surface area contributed by atoms with E-state index in [-0.39, 0.29) is 12.5 Å². The molecule has 7 heteroatoms. The van der Waals surface area contributed by atoms with Gasteiger partial charge in [-0.3, -0.25) is 4.79 Å². The van der Waals surface area contributed by atoms with E-state index in [1.807, 2.05) is 30.3 Å². The lowest BCUT2D eigenvalue weighted by molar-refractivity contribution is 0.0947. The first-order valence-corrected chi connectivity index (χ1v) is 9.63. The number of carbonyl (C=O) groups excluding carboxylic acids is 1. The smallest absolute Gasteiger partial charge is 0.255 e. The van der Waals surface area contributed by atoms with Gasteiger partial charge in [0.15, 0.2) is 6.61 Å². The Morgan fingerprint density at radius 3 is 2.66 bits per heavy atom. The third-order valence-corrected chi connectivity index (χ3v) is 4.36. The number of rotatable bonds is 10. The summed E-state index contributed by atoms with van der Waals surface area (Å²) in [7, 11) is 2.08. The Hall–Kier alpha value is -3.19. The van der Waals surface area contributed by atoms with Gasteiger partial charge in [-0.05, 0) is 37.7 Å². The van der Waals surface area contributed by atoms with Gasteiger partial charge in [0.05, 0.1) is 5.56 Å². The summed E-state index contributed by atoms with van der Waals surface area (Å²) < 4.78 is 10.6. The Morgan fingerprint density at radius 2 is 1.90 bits per heavy atom. The molecule has 0 unspecified atom stereocenters. The van der Waals surface area contributed by atoms with Gasteiger partial charge in [-0.1, -0.05) is 47.6 Å².